The third-order valence-electron chi connectivity index (χ3n) is 3.54. The van der Waals surface area contributed by atoms with E-state index in [4.69, 9.17) is 4.74 Å². The van der Waals surface area contributed by atoms with Gasteiger partial charge >= 0.3 is 0 Å². The average Bonchev–Trinajstić information content (AvgIpc) is 2.32. The van der Waals surface area contributed by atoms with Crippen LogP contribution in [0, 0.1) is 0 Å². The number of aryl methyl sites for hydroxylation is 1. The maximum absolute atomic E-state index is 5.76. The van der Waals surface area contributed by atoms with E-state index in [2.05, 4.69) is 49.3 Å². The van der Waals surface area contributed by atoms with Crippen LogP contribution in [0.15, 0.2) is 18.2 Å². The van der Waals surface area contributed by atoms with E-state index < -0.39 is 0 Å². The van der Waals surface area contributed by atoms with Crippen molar-refractivity contribution in [2.24, 2.45) is 0 Å². The van der Waals surface area contributed by atoms with Gasteiger partial charge in [0.1, 0.15) is 5.75 Å². The molecule has 0 spiro atoms. The lowest BCUT2D eigenvalue weighted by Crippen LogP contribution is -2.42. The molecule has 18 heavy (non-hydrogen) atoms. The van der Waals surface area contributed by atoms with Gasteiger partial charge in [-0.2, -0.15) is 0 Å². The van der Waals surface area contributed by atoms with E-state index in [1.165, 1.54) is 17.7 Å². The summed E-state index contributed by atoms with van der Waals surface area (Å²) < 4.78 is 5.76. The normalized spacial score (nSPS) is 18.9. The van der Waals surface area contributed by atoms with Crippen LogP contribution in [0.4, 0.5) is 5.69 Å². The summed E-state index contributed by atoms with van der Waals surface area (Å²) >= 11 is 0. The van der Waals surface area contributed by atoms with Gasteiger partial charge in [-0.05, 0) is 57.5 Å². The zero-order chi connectivity index (χ0) is 13.1. The molecule has 0 amide bonds. The minimum atomic E-state index is 0.237. The summed E-state index contributed by atoms with van der Waals surface area (Å²) in [5, 5.41) is 3.27. The summed E-state index contributed by atoms with van der Waals surface area (Å²) in [5.41, 5.74) is 2.75. The highest BCUT2D eigenvalue weighted by molar-refractivity contribution is 5.58. The van der Waals surface area contributed by atoms with Crippen molar-refractivity contribution in [3.63, 3.8) is 0 Å². The molecule has 0 saturated carbocycles. The number of ether oxygens (including phenoxy) is 1. The van der Waals surface area contributed by atoms with Crippen LogP contribution < -0.4 is 15.0 Å². The summed E-state index contributed by atoms with van der Waals surface area (Å²) in [6.07, 6.45) is 2.58. The fraction of sp³-hybridized carbons (Fsp3) is 0.600. The van der Waals surface area contributed by atoms with Gasteiger partial charge in [0.05, 0.1) is 6.10 Å². The van der Waals surface area contributed by atoms with Crippen LogP contribution in [0.1, 0.15) is 25.8 Å². The molecule has 3 nitrogen and oxygen atoms in total. The lowest BCUT2D eigenvalue weighted by Gasteiger charge is -2.36. The highest BCUT2D eigenvalue weighted by Gasteiger charge is 2.23. The van der Waals surface area contributed by atoms with Crippen LogP contribution in [0.5, 0.6) is 5.75 Å². The first-order chi connectivity index (χ1) is 8.61. The second-order valence-corrected chi connectivity index (χ2v) is 5.32. The molecule has 0 aromatic heterocycles. The number of fused-ring (bicyclic) bond motifs is 1. The molecule has 1 atom stereocenters. The van der Waals surface area contributed by atoms with Crippen molar-refractivity contribution < 1.29 is 4.74 Å². The number of hydrogen-bond acceptors (Lipinski definition) is 3. The monoisotopic (exact) mass is 248 g/mol. The minimum Gasteiger partial charge on any atom is -0.491 e. The highest BCUT2D eigenvalue weighted by Crippen LogP contribution is 2.32. The Labute approximate surface area is 110 Å². The van der Waals surface area contributed by atoms with Crippen LogP contribution >= 0.6 is 0 Å². The lowest BCUT2D eigenvalue weighted by atomic mass is 9.96. The topological polar surface area (TPSA) is 24.5 Å². The standard InChI is InChI=1S/C15H24N2O/c1-11(2)18-14-7-8-15-12(9-14)5-6-13(10-16-3)17(15)4/h7-9,11,13,16H,5-6,10H2,1-4H3. The molecule has 1 aliphatic heterocycles. The van der Waals surface area contributed by atoms with E-state index in [1.807, 2.05) is 7.05 Å². The van der Waals surface area contributed by atoms with E-state index in [0.29, 0.717) is 6.04 Å². The van der Waals surface area contributed by atoms with Gasteiger partial charge in [-0.15, -0.1) is 0 Å². The molecule has 0 radical (unpaired) electrons. The summed E-state index contributed by atoms with van der Waals surface area (Å²) in [5.74, 6) is 0.990. The molecule has 0 fully saturated rings. The number of nitrogens with zero attached hydrogens (tertiary/aromatic N) is 1. The maximum Gasteiger partial charge on any atom is 0.120 e. The molecule has 1 aliphatic rings. The Morgan fingerprint density at radius 1 is 1.44 bits per heavy atom. The molecule has 3 heteroatoms. The quantitative estimate of drug-likeness (QED) is 0.886. The number of rotatable bonds is 4. The van der Waals surface area contributed by atoms with Crippen molar-refractivity contribution in [1.29, 1.82) is 0 Å². The first-order valence-electron chi connectivity index (χ1n) is 6.79. The number of nitrogens with one attached hydrogen (secondary N) is 1. The second kappa shape index (κ2) is 5.61. The van der Waals surface area contributed by atoms with Crippen LogP contribution in [-0.4, -0.2) is 32.8 Å². The fourth-order valence-electron chi connectivity index (χ4n) is 2.64. The molecule has 100 valence electrons. The van der Waals surface area contributed by atoms with E-state index in [0.717, 1.165) is 18.7 Å². The second-order valence-electron chi connectivity index (χ2n) is 5.32. The molecule has 1 aromatic carbocycles. The van der Waals surface area contributed by atoms with Crippen molar-refractivity contribution in [2.75, 3.05) is 25.5 Å². The largest absolute Gasteiger partial charge is 0.491 e. The third-order valence-corrected chi connectivity index (χ3v) is 3.54. The van der Waals surface area contributed by atoms with Gasteiger partial charge in [0.15, 0.2) is 0 Å². The highest BCUT2D eigenvalue weighted by atomic mass is 16.5. The molecule has 0 bridgehead atoms. The SMILES string of the molecule is CNCC1CCc2cc(OC(C)C)ccc2N1C. The Kier molecular flexibility index (Phi) is 4.12. The number of benzene rings is 1. The van der Waals surface area contributed by atoms with Crippen molar-refractivity contribution in [1.82, 2.24) is 5.32 Å². The van der Waals surface area contributed by atoms with Crippen molar-refractivity contribution in [3.05, 3.63) is 23.8 Å². The zero-order valence-electron chi connectivity index (χ0n) is 11.9. The van der Waals surface area contributed by atoms with Gasteiger partial charge in [0.2, 0.25) is 0 Å². The molecular weight excluding hydrogens is 224 g/mol. The van der Waals surface area contributed by atoms with Crippen molar-refractivity contribution >= 4 is 5.69 Å². The average molecular weight is 248 g/mol. The number of anilines is 1. The molecule has 1 aromatic rings. The lowest BCUT2D eigenvalue weighted by molar-refractivity contribution is 0.242. The summed E-state index contributed by atoms with van der Waals surface area (Å²) in [6, 6.07) is 7.06. The number of likely N-dealkylation sites (N-methyl/N-ethyl adjacent to an activating group) is 2. The summed E-state index contributed by atoms with van der Waals surface area (Å²) in [4.78, 5) is 2.38. The van der Waals surface area contributed by atoms with Gasteiger partial charge in [-0.25, -0.2) is 0 Å². The van der Waals surface area contributed by atoms with Gasteiger partial charge in [-0.3, -0.25) is 0 Å². The molecule has 0 saturated heterocycles. The fourth-order valence-corrected chi connectivity index (χ4v) is 2.64. The Morgan fingerprint density at radius 2 is 2.22 bits per heavy atom. The van der Waals surface area contributed by atoms with Crippen LogP contribution in [0.2, 0.25) is 0 Å². The van der Waals surface area contributed by atoms with E-state index in [9.17, 15) is 0 Å². The zero-order valence-corrected chi connectivity index (χ0v) is 11.9. The van der Waals surface area contributed by atoms with Crippen LogP contribution in [-0.2, 0) is 6.42 Å². The van der Waals surface area contributed by atoms with Gasteiger partial charge in [0, 0.05) is 25.3 Å². The molecular formula is C15H24N2O. The molecule has 1 N–H and O–H groups in total. The number of hydrogen-bond donors (Lipinski definition) is 1. The van der Waals surface area contributed by atoms with E-state index in [-0.39, 0.29) is 6.10 Å². The van der Waals surface area contributed by atoms with Crippen LogP contribution in [0.3, 0.4) is 0 Å². The van der Waals surface area contributed by atoms with E-state index >= 15 is 0 Å². The summed E-state index contributed by atoms with van der Waals surface area (Å²) in [7, 11) is 4.20. The molecule has 2 rings (SSSR count). The Bertz CT molecular complexity index is 403. The molecule has 1 heterocycles. The molecule has 1 unspecified atom stereocenters. The van der Waals surface area contributed by atoms with Crippen molar-refractivity contribution in [3.8, 4) is 5.75 Å². The van der Waals surface area contributed by atoms with E-state index in [1.54, 1.807) is 0 Å². The van der Waals surface area contributed by atoms with Crippen molar-refractivity contribution in [2.45, 2.75) is 38.8 Å². The Hall–Kier alpha value is -1.22. The maximum atomic E-state index is 5.76. The third kappa shape index (κ3) is 2.78. The Morgan fingerprint density at radius 3 is 2.89 bits per heavy atom. The van der Waals surface area contributed by atoms with Gasteiger partial charge < -0.3 is 15.0 Å². The van der Waals surface area contributed by atoms with Gasteiger partial charge in [0.25, 0.3) is 0 Å². The first kappa shape index (κ1) is 13.2. The smallest absolute Gasteiger partial charge is 0.120 e. The van der Waals surface area contributed by atoms with Crippen LogP contribution in [0.25, 0.3) is 0 Å². The predicted octanol–water partition coefficient (Wildman–Crippen LogP) is 2.44. The Balaban J connectivity index is 2.18. The molecule has 0 aliphatic carbocycles. The van der Waals surface area contributed by atoms with Gasteiger partial charge in [-0.1, -0.05) is 0 Å². The minimum absolute atomic E-state index is 0.237. The predicted molar refractivity (Wildman–Crippen MR) is 76.6 cm³/mol. The summed E-state index contributed by atoms with van der Waals surface area (Å²) in [6.45, 7) is 5.17. The first-order valence-corrected chi connectivity index (χ1v) is 6.79.